The van der Waals surface area contributed by atoms with E-state index in [0.717, 1.165) is 6.92 Å². The lowest BCUT2D eigenvalue weighted by Gasteiger charge is -2.19. The van der Waals surface area contributed by atoms with Crippen LogP contribution in [0, 0.1) is 0 Å². The number of pyridine rings is 1. The van der Waals surface area contributed by atoms with Gasteiger partial charge in [-0.3, -0.25) is 4.98 Å². The average Bonchev–Trinajstić information content (AvgIpc) is 2.55. The number of hydrogen-bond acceptors (Lipinski definition) is 5. The van der Waals surface area contributed by atoms with Crippen molar-refractivity contribution in [3.8, 4) is 5.75 Å². The van der Waals surface area contributed by atoms with Gasteiger partial charge in [-0.2, -0.15) is 8.78 Å². The molecule has 0 aliphatic heterocycles. The first kappa shape index (κ1) is 18.3. The molecule has 0 aliphatic rings. The molecule has 2 rings (SSSR count). The Morgan fingerprint density at radius 1 is 1.36 bits per heavy atom. The van der Waals surface area contributed by atoms with Crippen molar-refractivity contribution in [3.05, 3.63) is 30.5 Å². The number of aliphatic carboxylic acids is 1. The van der Waals surface area contributed by atoms with Gasteiger partial charge in [0, 0.05) is 11.6 Å². The van der Waals surface area contributed by atoms with E-state index in [1.165, 1.54) is 18.3 Å². The van der Waals surface area contributed by atoms with Crippen molar-refractivity contribution in [3.63, 3.8) is 0 Å². The number of ether oxygens (including phenoxy) is 1. The first-order chi connectivity index (χ1) is 11.7. The average molecular weight is 355 g/mol. The topological polar surface area (TPSA) is 121 Å². The second-order valence-corrected chi connectivity index (χ2v) is 5.28. The minimum Gasteiger partial charge on any atom is -0.479 e. The molecule has 1 heterocycles. The van der Waals surface area contributed by atoms with E-state index in [0.29, 0.717) is 5.39 Å². The maximum absolute atomic E-state index is 12.4. The highest BCUT2D eigenvalue weighted by molar-refractivity contribution is 6.02. The summed E-state index contributed by atoms with van der Waals surface area (Å²) >= 11 is 0. The fourth-order valence-electron chi connectivity index (χ4n) is 1.94. The molecule has 0 aliphatic carbocycles. The summed E-state index contributed by atoms with van der Waals surface area (Å²) in [4.78, 5) is 26.6. The van der Waals surface area contributed by atoms with Gasteiger partial charge in [0.25, 0.3) is 0 Å². The molecule has 4 N–H and O–H groups in total. The first-order valence-corrected chi connectivity index (χ1v) is 7.04. The van der Waals surface area contributed by atoms with Crippen molar-refractivity contribution in [2.24, 2.45) is 0 Å². The zero-order valence-electron chi connectivity index (χ0n) is 13.0. The number of urea groups is 1. The molecule has 2 aromatic rings. The molecule has 0 saturated carbocycles. The van der Waals surface area contributed by atoms with Crippen molar-refractivity contribution in [2.75, 3.05) is 11.9 Å². The van der Waals surface area contributed by atoms with Crippen LogP contribution in [0.2, 0.25) is 0 Å². The third kappa shape index (κ3) is 4.51. The van der Waals surface area contributed by atoms with Gasteiger partial charge in [0.2, 0.25) is 0 Å². The Labute approximate surface area is 140 Å². The van der Waals surface area contributed by atoms with Crippen LogP contribution in [0.5, 0.6) is 5.75 Å². The van der Waals surface area contributed by atoms with E-state index in [9.17, 15) is 23.5 Å². The fraction of sp³-hybridized carbons (Fsp3) is 0.267. The molecule has 8 nitrogen and oxygen atoms in total. The van der Waals surface area contributed by atoms with E-state index in [4.69, 9.17) is 5.11 Å². The van der Waals surface area contributed by atoms with Crippen LogP contribution >= 0.6 is 0 Å². The maximum Gasteiger partial charge on any atom is 0.387 e. The smallest absolute Gasteiger partial charge is 0.387 e. The number of amides is 2. The van der Waals surface area contributed by atoms with Crippen molar-refractivity contribution in [2.45, 2.75) is 19.1 Å². The number of carbonyl (C=O) groups is 2. The van der Waals surface area contributed by atoms with Gasteiger partial charge < -0.3 is 25.6 Å². The molecule has 0 fully saturated rings. The van der Waals surface area contributed by atoms with Gasteiger partial charge in [-0.05, 0) is 31.2 Å². The summed E-state index contributed by atoms with van der Waals surface area (Å²) in [5.74, 6) is -1.64. The number of aromatic nitrogens is 1. The van der Waals surface area contributed by atoms with Gasteiger partial charge in [0.15, 0.2) is 11.4 Å². The first-order valence-electron chi connectivity index (χ1n) is 7.04. The highest BCUT2D eigenvalue weighted by Gasteiger charge is 2.30. The van der Waals surface area contributed by atoms with E-state index < -0.39 is 30.8 Å². The Morgan fingerprint density at radius 2 is 2.08 bits per heavy atom. The van der Waals surface area contributed by atoms with Gasteiger partial charge in [-0.1, -0.05) is 0 Å². The summed E-state index contributed by atoms with van der Waals surface area (Å²) < 4.78 is 29.3. The molecule has 1 atom stereocenters. The molecule has 2 amide bonds. The lowest BCUT2D eigenvalue weighted by Crippen LogP contribution is -2.47. The monoisotopic (exact) mass is 355 g/mol. The Morgan fingerprint density at radius 3 is 2.72 bits per heavy atom. The highest BCUT2D eigenvalue weighted by Crippen LogP contribution is 2.30. The maximum atomic E-state index is 12.4. The number of nitrogens with zero attached hydrogens (tertiary/aromatic N) is 1. The van der Waals surface area contributed by atoms with Crippen molar-refractivity contribution in [1.29, 1.82) is 0 Å². The molecule has 1 unspecified atom stereocenters. The number of hydrogen-bond donors (Lipinski definition) is 4. The quantitative estimate of drug-likeness (QED) is 0.627. The second-order valence-electron chi connectivity index (χ2n) is 5.28. The number of fused-ring (bicyclic) bond motifs is 1. The third-order valence-electron chi connectivity index (χ3n) is 3.25. The van der Waals surface area contributed by atoms with E-state index in [2.05, 4.69) is 20.4 Å². The zero-order chi connectivity index (χ0) is 18.6. The van der Waals surface area contributed by atoms with E-state index in [-0.39, 0.29) is 17.0 Å². The van der Waals surface area contributed by atoms with E-state index in [1.807, 2.05) is 0 Å². The van der Waals surface area contributed by atoms with Crippen molar-refractivity contribution >= 4 is 28.6 Å². The number of anilines is 1. The third-order valence-corrected chi connectivity index (χ3v) is 3.25. The number of benzene rings is 1. The number of halogens is 2. The lowest BCUT2D eigenvalue weighted by atomic mass is 10.1. The Hall–Kier alpha value is -3.01. The van der Waals surface area contributed by atoms with Crippen LogP contribution in [0.4, 0.5) is 19.3 Å². The molecule has 1 aromatic carbocycles. The largest absolute Gasteiger partial charge is 0.479 e. The molecule has 0 saturated heterocycles. The summed E-state index contributed by atoms with van der Waals surface area (Å²) in [6.07, 6.45) is 1.38. The molecule has 10 heteroatoms. The molecule has 0 radical (unpaired) electrons. The summed E-state index contributed by atoms with van der Waals surface area (Å²) in [5.41, 5.74) is -1.76. The molecule has 134 valence electrons. The highest BCUT2D eigenvalue weighted by atomic mass is 19.3. The van der Waals surface area contributed by atoms with Gasteiger partial charge >= 0.3 is 18.6 Å². The number of carboxylic acids is 1. The second kappa shape index (κ2) is 7.26. The zero-order valence-corrected chi connectivity index (χ0v) is 13.0. The predicted molar refractivity (Wildman–Crippen MR) is 83.7 cm³/mol. The van der Waals surface area contributed by atoms with Crippen LogP contribution < -0.4 is 15.4 Å². The van der Waals surface area contributed by atoms with Crippen LogP contribution in [0.3, 0.4) is 0 Å². The number of nitrogens with one attached hydrogen (secondary N) is 2. The standard InChI is InChI=1S/C15H15F2N3O5/c1-15(24,12(21)22)7-19-14(23)20-9-4-5-10(25-13(16)17)11-8(9)3-2-6-18-11/h2-6,13,24H,7H2,1H3,(H,21,22)(H2,19,20,23). The molecular formula is C15H15F2N3O5. The van der Waals surface area contributed by atoms with Gasteiger partial charge in [-0.15, -0.1) is 0 Å². The lowest BCUT2D eigenvalue weighted by molar-refractivity contribution is -0.155. The number of aliphatic hydroxyl groups is 1. The van der Waals surface area contributed by atoms with E-state index >= 15 is 0 Å². The van der Waals surface area contributed by atoms with Gasteiger partial charge in [0.05, 0.1) is 12.2 Å². The molecule has 25 heavy (non-hydrogen) atoms. The number of rotatable bonds is 6. The summed E-state index contributed by atoms with van der Waals surface area (Å²) in [6.45, 7) is -2.52. The molecule has 1 aromatic heterocycles. The van der Waals surface area contributed by atoms with Crippen LogP contribution in [-0.2, 0) is 4.79 Å². The summed E-state index contributed by atoms with van der Waals surface area (Å²) in [5, 5.41) is 23.3. The Kier molecular flexibility index (Phi) is 5.32. The van der Waals surface area contributed by atoms with E-state index in [1.54, 1.807) is 12.1 Å². The normalized spacial score (nSPS) is 13.3. The van der Waals surface area contributed by atoms with Crippen LogP contribution in [0.15, 0.2) is 30.5 Å². The van der Waals surface area contributed by atoms with Gasteiger partial charge in [0.1, 0.15) is 5.52 Å². The number of carboxylic acid groups (broad SMARTS) is 1. The Bertz CT molecular complexity index is 798. The minimum absolute atomic E-state index is 0.123. The van der Waals surface area contributed by atoms with Crippen LogP contribution in [-0.4, -0.2) is 46.0 Å². The number of alkyl halides is 2. The van der Waals surface area contributed by atoms with Crippen LogP contribution in [0.25, 0.3) is 10.9 Å². The van der Waals surface area contributed by atoms with Crippen molar-refractivity contribution < 1.29 is 33.3 Å². The molecular weight excluding hydrogens is 340 g/mol. The predicted octanol–water partition coefficient (Wildman–Crippen LogP) is 1.79. The minimum atomic E-state index is -3.02. The van der Waals surface area contributed by atoms with Crippen molar-refractivity contribution in [1.82, 2.24) is 10.3 Å². The summed E-state index contributed by atoms with van der Waals surface area (Å²) in [6, 6.07) is 4.88. The molecule has 0 spiro atoms. The fourth-order valence-corrected chi connectivity index (χ4v) is 1.94. The summed E-state index contributed by atoms with van der Waals surface area (Å²) in [7, 11) is 0. The Balaban J connectivity index is 2.19. The van der Waals surface area contributed by atoms with Crippen LogP contribution in [0.1, 0.15) is 6.92 Å². The molecule has 0 bridgehead atoms. The van der Waals surface area contributed by atoms with Gasteiger partial charge in [-0.25, -0.2) is 9.59 Å². The SMILES string of the molecule is CC(O)(CNC(=O)Nc1ccc(OC(F)F)c2ncccc12)C(=O)O. The number of carbonyl (C=O) groups excluding carboxylic acids is 1.